The molecule has 0 aliphatic heterocycles. The predicted octanol–water partition coefficient (Wildman–Crippen LogP) is 4.21. The molecule has 0 radical (unpaired) electrons. The number of benzene rings is 2. The van der Waals surface area contributed by atoms with Crippen LogP contribution in [0.5, 0.6) is 0 Å². The van der Waals surface area contributed by atoms with Gasteiger partial charge in [-0.05, 0) is 54.9 Å². The van der Waals surface area contributed by atoms with Crippen LogP contribution in [0.3, 0.4) is 0 Å². The quantitative estimate of drug-likeness (QED) is 0.551. The van der Waals surface area contributed by atoms with E-state index in [0.717, 1.165) is 43.0 Å². The van der Waals surface area contributed by atoms with Crippen molar-refractivity contribution in [3.8, 4) is 0 Å². The van der Waals surface area contributed by atoms with Gasteiger partial charge in [0.2, 0.25) is 0 Å². The Balaban J connectivity index is 1.45. The van der Waals surface area contributed by atoms with Gasteiger partial charge < -0.3 is 10.3 Å². The number of nitrogens with zero attached hydrogens (tertiary/aromatic N) is 1. The topological polar surface area (TPSA) is 71.0 Å². The lowest BCUT2D eigenvalue weighted by molar-refractivity contribution is -0.384. The molecule has 5 rings (SSSR count). The maximum atomic E-state index is 11.1. The predicted molar refractivity (Wildman–Crippen MR) is 101 cm³/mol. The Hall–Kier alpha value is -2.66. The van der Waals surface area contributed by atoms with E-state index in [-0.39, 0.29) is 10.6 Å². The van der Waals surface area contributed by atoms with E-state index < -0.39 is 0 Å². The summed E-state index contributed by atoms with van der Waals surface area (Å²) in [6.07, 6.45) is 5.36. The monoisotopic (exact) mass is 347 g/mol. The number of hydrogen-bond acceptors (Lipinski definition) is 3. The fraction of sp³-hybridized carbons (Fsp3) is 0.333. The Bertz CT molecular complexity index is 983. The molecule has 0 fully saturated rings. The van der Waals surface area contributed by atoms with Crippen LogP contribution in [0.15, 0.2) is 42.5 Å². The number of aromatic nitrogens is 1. The zero-order chi connectivity index (χ0) is 17.7. The van der Waals surface area contributed by atoms with Crippen LogP contribution in [0.1, 0.15) is 41.3 Å². The van der Waals surface area contributed by atoms with Crippen LogP contribution < -0.4 is 5.32 Å². The number of nitro groups is 1. The van der Waals surface area contributed by atoms with Gasteiger partial charge in [-0.15, -0.1) is 0 Å². The SMILES string of the molecule is O=[N+]([O-])c1ccc2[nH]c3c(c2c1)CCC[C@@H]3NC1Cc2ccccc2C1. The molecular formula is C21H21N3O2. The number of rotatable bonds is 3. The molecule has 5 heteroatoms. The zero-order valence-electron chi connectivity index (χ0n) is 14.5. The zero-order valence-corrected chi connectivity index (χ0v) is 14.5. The number of nitro benzene ring substituents is 1. The standard InChI is InChI=1S/C21H21N3O2/c25-24(26)16-8-9-19-18(12-16)17-6-3-7-20(21(17)23-19)22-15-10-13-4-1-2-5-14(13)11-15/h1-2,4-5,8-9,12,15,20,22-23H,3,6-7,10-11H2/t20-/m0/s1. The lowest BCUT2D eigenvalue weighted by Crippen LogP contribution is -2.35. The second-order valence-electron chi connectivity index (χ2n) is 7.49. The van der Waals surface area contributed by atoms with Crippen molar-refractivity contribution < 1.29 is 4.92 Å². The van der Waals surface area contributed by atoms with Gasteiger partial charge in [0.05, 0.1) is 4.92 Å². The summed E-state index contributed by atoms with van der Waals surface area (Å²) in [5.74, 6) is 0. The first-order valence-corrected chi connectivity index (χ1v) is 9.31. The first-order chi connectivity index (χ1) is 12.7. The van der Waals surface area contributed by atoms with Crippen LogP contribution in [0.25, 0.3) is 10.9 Å². The second kappa shape index (κ2) is 5.95. The Morgan fingerprint density at radius 3 is 2.62 bits per heavy atom. The van der Waals surface area contributed by atoms with Gasteiger partial charge in [0, 0.05) is 40.8 Å². The third-order valence-corrected chi connectivity index (χ3v) is 5.89. The van der Waals surface area contributed by atoms with Gasteiger partial charge in [0.15, 0.2) is 0 Å². The number of nitrogens with one attached hydrogen (secondary N) is 2. The van der Waals surface area contributed by atoms with Crippen molar-refractivity contribution in [3.05, 3.63) is 75.0 Å². The first-order valence-electron chi connectivity index (χ1n) is 9.31. The summed E-state index contributed by atoms with van der Waals surface area (Å²) in [6.45, 7) is 0. The molecule has 0 bridgehead atoms. The van der Waals surface area contributed by atoms with Crippen LogP contribution in [-0.2, 0) is 19.3 Å². The van der Waals surface area contributed by atoms with Gasteiger partial charge in [-0.1, -0.05) is 24.3 Å². The summed E-state index contributed by atoms with van der Waals surface area (Å²) < 4.78 is 0. The second-order valence-corrected chi connectivity index (χ2v) is 7.49. The van der Waals surface area contributed by atoms with Gasteiger partial charge in [-0.3, -0.25) is 10.1 Å². The van der Waals surface area contributed by atoms with E-state index in [2.05, 4.69) is 34.6 Å². The molecule has 1 aromatic heterocycles. The number of aryl methyl sites for hydroxylation is 1. The molecule has 26 heavy (non-hydrogen) atoms. The van der Waals surface area contributed by atoms with E-state index in [1.165, 1.54) is 22.4 Å². The van der Waals surface area contributed by atoms with Crippen LogP contribution >= 0.6 is 0 Å². The van der Waals surface area contributed by atoms with Crippen LogP contribution in [0, 0.1) is 10.1 Å². The Morgan fingerprint density at radius 2 is 1.88 bits per heavy atom. The summed E-state index contributed by atoms with van der Waals surface area (Å²) in [7, 11) is 0. The average molecular weight is 347 g/mol. The number of H-pyrrole nitrogens is 1. The van der Waals surface area contributed by atoms with Crippen LogP contribution in [0.4, 0.5) is 5.69 Å². The molecule has 0 saturated carbocycles. The number of hydrogen-bond donors (Lipinski definition) is 2. The summed E-state index contributed by atoms with van der Waals surface area (Å²) in [4.78, 5) is 14.3. The molecule has 5 nitrogen and oxygen atoms in total. The highest BCUT2D eigenvalue weighted by Gasteiger charge is 2.29. The smallest absolute Gasteiger partial charge is 0.270 e. The molecule has 2 aromatic carbocycles. The first kappa shape index (κ1) is 15.6. The highest BCUT2D eigenvalue weighted by Crippen LogP contribution is 2.37. The molecular weight excluding hydrogens is 326 g/mol. The van der Waals surface area contributed by atoms with E-state index >= 15 is 0 Å². The number of fused-ring (bicyclic) bond motifs is 4. The minimum Gasteiger partial charge on any atom is -0.357 e. The van der Waals surface area contributed by atoms with Gasteiger partial charge in [-0.25, -0.2) is 0 Å². The Morgan fingerprint density at radius 1 is 1.12 bits per heavy atom. The van der Waals surface area contributed by atoms with Gasteiger partial charge in [0.25, 0.3) is 5.69 Å². The average Bonchev–Trinajstić information content (AvgIpc) is 3.22. The molecule has 3 aromatic rings. The Kier molecular flexibility index (Phi) is 3.57. The van der Waals surface area contributed by atoms with Gasteiger partial charge >= 0.3 is 0 Å². The highest BCUT2D eigenvalue weighted by atomic mass is 16.6. The van der Waals surface area contributed by atoms with E-state index in [4.69, 9.17) is 0 Å². The van der Waals surface area contributed by atoms with Gasteiger partial charge in [-0.2, -0.15) is 0 Å². The Labute approximate surface area is 151 Å². The molecule has 1 atom stereocenters. The summed E-state index contributed by atoms with van der Waals surface area (Å²) in [5, 5.41) is 16.0. The fourth-order valence-electron chi connectivity index (χ4n) is 4.69. The van der Waals surface area contributed by atoms with Crippen molar-refractivity contribution in [2.75, 3.05) is 0 Å². The van der Waals surface area contributed by atoms with Crippen molar-refractivity contribution in [1.82, 2.24) is 10.3 Å². The lowest BCUT2D eigenvalue weighted by Gasteiger charge is -2.27. The molecule has 2 N–H and O–H groups in total. The van der Waals surface area contributed by atoms with E-state index in [1.807, 2.05) is 6.07 Å². The van der Waals surface area contributed by atoms with Crippen molar-refractivity contribution in [1.29, 1.82) is 0 Å². The maximum Gasteiger partial charge on any atom is 0.270 e. The minimum atomic E-state index is -0.312. The summed E-state index contributed by atoms with van der Waals surface area (Å²) >= 11 is 0. The molecule has 132 valence electrons. The van der Waals surface area contributed by atoms with Crippen molar-refractivity contribution >= 4 is 16.6 Å². The third-order valence-electron chi connectivity index (χ3n) is 5.89. The number of non-ortho nitro benzene ring substituents is 1. The largest absolute Gasteiger partial charge is 0.357 e. The van der Waals surface area contributed by atoms with Crippen molar-refractivity contribution in [2.24, 2.45) is 0 Å². The highest BCUT2D eigenvalue weighted by molar-refractivity contribution is 5.87. The molecule has 0 unspecified atom stereocenters. The minimum absolute atomic E-state index is 0.167. The molecule has 0 saturated heterocycles. The normalized spacial score (nSPS) is 19.5. The molecule has 0 amide bonds. The lowest BCUT2D eigenvalue weighted by atomic mass is 9.91. The summed E-state index contributed by atoms with van der Waals surface area (Å²) in [5.41, 5.74) is 6.55. The summed E-state index contributed by atoms with van der Waals surface area (Å²) in [6, 6.07) is 14.6. The van der Waals surface area contributed by atoms with Crippen molar-refractivity contribution in [2.45, 2.75) is 44.2 Å². The molecule has 2 aliphatic carbocycles. The van der Waals surface area contributed by atoms with E-state index in [0.29, 0.717) is 12.1 Å². The van der Waals surface area contributed by atoms with E-state index in [1.54, 1.807) is 12.1 Å². The van der Waals surface area contributed by atoms with Crippen molar-refractivity contribution in [3.63, 3.8) is 0 Å². The molecule has 1 heterocycles. The van der Waals surface area contributed by atoms with Gasteiger partial charge in [0.1, 0.15) is 0 Å². The van der Waals surface area contributed by atoms with Crippen LogP contribution in [-0.4, -0.2) is 15.9 Å². The van der Waals surface area contributed by atoms with Crippen LogP contribution in [0.2, 0.25) is 0 Å². The number of aromatic amines is 1. The maximum absolute atomic E-state index is 11.1. The third kappa shape index (κ3) is 2.51. The molecule has 2 aliphatic rings. The fourth-order valence-corrected chi connectivity index (χ4v) is 4.69. The van der Waals surface area contributed by atoms with E-state index in [9.17, 15) is 10.1 Å². The molecule has 0 spiro atoms.